The summed E-state index contributed by atoms with van der Waals surface area (Å²) < 4.78 is 6.59. The molecular formula is C20H36N2O2. The minimum absolute atomic E-state index is 0.0168. The van der Waals surface area contributed by atoms with Gasteiger partial charge in [-0.05, 0) is 78.1 Å². The van der Waals surface area contributed by atoms with Crippen molar-refractivity contribution in [1.82, 2.24) is 10.6 Å². The first-order chi connectivity index (χ1) is 11.1. The molecule has 138 valence electrons. The maximum Gasteiger partial charge on any atom is 0.220 e. The predicted octanol–water partition coefficient (Wildman–Crippen LogP) is 3.54. The van der Waals surface area contributed by atoms with E-state index in [-0.39, 0.29) is 22.6 Å². The third-order valence-corrected chi connectivity index (χ3v) is 6.37. The largest absolute Gasteiger partial charge is 0.375 e. The van der Waals surface area contributed by atoms with Gasteiger partial charge in [-0.15, -0.1) is 0 Å². The number of piperidine rings is 2. The van der Waals surface area contributed by atoms with Gasteiger partial charge < -0.3 is 15.4 Å². The van der Waals surface area contributed by atoms with Crippen LogP contribution in [0.3, 0.4) is 0 Å². The van der Waals surface area contributed by atoms with Gasteiger partial charge in [0.1, 0.15) is 0 Å². The average Bonchev–Trinajstić information content (AvgIpc) is 2.51. The second-order valence-corrected chi connectivity index (χ2v) is 10.0. The summed E-state index contributed by atoms with van der Waals surface area (Å²) in [6.07, 6.45) is 9.81. The molecular weight excluding hydrogens is 300 g/mol. The number of ether oxygens (including phenoxy) is 1. The number of nitrogens with one attached hydrogen (secondary N) is 2. The van der Waals surface area contributed by atoms with Crippen LogP contribution in [0.25, 0.3) is 0 Å². The minimum Gasteiger partial charge on any atom is -0.375 e. The Balaban J connectivity index is 1.79. The molecule has 3 aliphatic rings. The van der Waals surface area contributed by atoms with E-state index in [4.69, 9.17) is 4.74 Å². The lowest BCUT2D eigenvalue weighted by molar-refractivity contribution is -0.126. The second kappa shape index (κ2) is 6.28. The Morgan fingerprint density at radius 1 is 0.917 bits per heavy atom. The Hall–Kier alpha value is -0.610. The summed E-state index contributed by atoms with van der Waals surface area (Å²) >= 11 is 0. The van der Waals surface area contributed by atoms with Crippen LogP contribution in [-0.2, 0) is 9.53 Å². The monoisotopic (exact) mass is 336 g/mol. The molecule has 4 nitrogen and oxygen atoms in total. The summed E-state index contributed by atoms with van der Waals surface area (Å²) in [5, 5.41) is 6.94. The molecule has 1 atom stereocenters. The maximum absolute atomic E-state index is 11.6. The van der Waals surface area contributed by atoms with Gasteiger partial charge in [-0.25, -0.2) is 0 Å². The lowest BCUT2D eigenvalue weighted by Crippen LogP contribution is -2.64. The van der Waals surface area contributed by atoms with Crippen molar-refractivity contribution in [3.05, 3.63) is 0 Å². The Kier molecular flexibility index (Phi) is 4.76. The van der Waals surface area contributed by atoms with Crippen molar-refractivity contribution in [3.63, 3.8) is 0 Å². The Bertz CT molecular complexity index is 458. The number of amides is 1. The number of carbonyl (C=O) groups excluding carboxylic acids is 1. The molecule has 24 heavy (non-hydrogen) atoms. The zero-order chi connectivity index (χ0) is 17.5. The number of carbonyl (C=O) groups is 1. The summed E-state index contributed by atoms with van der Waals surface area (Å²) in [5.41, 5.74) is 0.484. The first kappa shape index (κ1) is 18.2. The molecule has 3 saturated heterocycles. The van der Waals surface area contributed by atoms with E-state index in [1.54, 1.807) is 0 Å². The van der Waals surface area contributed by atoms with Crippen molar-refractivity contribution >= 4 is 5.91 Å². The van der Waals surface area contributed by atoms with Crippen LogP contribution in [0.4, 0.5) is 0 Å². The quantitative estimate of drug-likeness (QED) is 0.711. The van der Waals surface area contributed by atoms with Gasteiger partial charge in [0.05, 0.1) is 5.60 Å². The highest BCUT2D eigenvalue weighted by Gasteiger charge is 2.49. The molecule has 1 unspecified atom stereocenters. The van der Waals surface area contributed by atoms with Gasteiger partial charge in [-0.1, -0.05) is 6.42 Å². The van der Waals surface area contributed by atoms with Gasteiger partial charge >= 0.3 is 0 Å². The van der Waals surface area contributed by atoms with E-state index in [1.165, 1.54) is 19.3 Å². The fraction of sp³-hybridized carbons (Fsp3) is 0.950. The van der Waals surface area contributed by atoms with Crippen LogP contribution in [0.15, 0.2) is 0 Å². The molecule has 0 aromatic rings. The van der Waals surface area contributed by atoms with Gasteiger partial charge in [-0.2, -0.15) is 0 Å². The van der Waals surface area contributed by atoms with E-state index in [0.29, 0.717) is 11.8 Å². The number of hydrogen-bond acceptors (Lipinski definition) is 3. The zero-order valence-corrected chi connectivity index (χ0v) is 16.1. The molecule has 0 aliphatic carbocycles. The van der Waals surface area contributed by atoms with Gasteiger partial charge in [0.25, 0.3) is 0 Å². The Labute approximate surface area is 147 Å². The molecule has 4 heteroatoms. The maximum atomic E-state index is 11.6. The molecule has 0 bridgehead atoms. The van der Waals surface area contributed by atoms with Crippen LogP contribution in [0.2, 0.25) is 0 Å². The zero-order valence-electron chi connectivity index (χ0n) is 16.1. The van der Waals surface area contributed by atoms with Crippen LogP contribution < -0.4 is 10.6 Å². The molecule has 1 amide bonds. The van der Waals surface area contributed by atoms with Crippen molar-refractivity contribution < 1.29 is 9.53 Å². The number of rotatable bonds is 0. The molecule has 0 saturated carbocycles. The highest BCUT2D eigenvalue weighted by molar-refractivity contribution is 5.76. The summed E-state index contributed by atoms with van der Waals surface area (Å²) in [6, 6.07) is 0. The van der Waals surface area contributed by atoms with E-state index in [2.05, 4.69) is 38.3 Å². The van der Waals surface area contributed by atoms with Crippen molar-refractivity contribution in [2.75, 3.05) is 13.2 Å². The minimum atomic E-state index is -0.0168. The molecule has 3 heterocycles. The smallest absolute Gasteiger partial charge is 0.220 e. The SMILES string of the molecule is CC1(C)CC2(CCC3(CCCCO2)CCC(=O)NC3)CC(C)(C)N1. The molecule has 2 spiro atoms. The molecule has 3 fully saturated rings. The van der Waals surface area contributed by atoms with Crippen LogP contribution >= 0.6 is 0 Å². The lowest BCUT2D eigenvalue weighted by Gasteiger charge is -2.53. The fourth-order valence-electron chi connectivity index (χ4n) is 5.81. The van der Waals surface area contributed by atoms with Gasteiger partial charge in [0, 0.05) is 30.7 Å². The lowest BCUT2D eigenvalue weighted by atomic mass is 9.66. The summed E-state index contributed by atoms with van der Waals surface area (Å²) in [6.45, 7) is 11.0. The van der Waals surface area contributed by atoms with E-state index < -0.39 is 0 Å². The standard InChI is InChI=1S/C20H36N2O2/c1-17(2)13-20(14-18(3,4)22-17)11-10-19(8-5-6-12-24-20)9-7-16(23)21-15-19/h22H,5-15H2,1-4H3,(H,21,23). The molecule has 0 aromatic carbocycles. The third-order valence-electron chi connectivity index (χ3n) is 6.37. The van der Waals surface area contributed by atoms with E-state index in [0.717, 1.165) is 45.3 Å². The van der Waals surface area contributed by atoms with Crippen molar-refractivity contribution in [2.24, 2.45) is 5.41 Å². The fourth-order valence-corrected chi connectivity index (χ4v) is 5.81. The summed E-state index contributed by atoms with van der Waals surface area (Å²) in [5.74, 6) is 0.232. The first-order valence-corrected chi connectivity index (χ1v) is 9.84. The topological polar surface area (TPSA) is 50.4 Å². The molecule has 0 aromatic heterocycles. The van der Waals surface area contributed by atoms with Gasteiger partial charge in [0.2, 0.25) is 5.91 Å². The molecule has 3 rings (SSSR count). The molecule has 0 radical (unpaired) electrons. The van der Waals surface area contributed by atoms with Crippen molar-refractivity contribution in [2.45, 2.75) is 102 Å². The van der Waals surface area contributed by atoms with Crippen molar-refractivity contribution in [3.8, 4) is 0 Å². The molecule has 3 aliphatic heterocycles. The third kappa shape index (κ3) is 4.13. The van der Waals surface area contributed by atoms with E-state index in [9.17, 15) is 4.79 Å². The summed E-state index contributed by atoms with van der Waals surface area (Å²) in [4.78, 5) is 11.6. The van der Waals surface area contributed by atoms with Gasteiger partial charge in [0.15, 0.2) is 0 Å². The second-order valence-electron chi connectivity index (χ2n) is 10.0. The van der Waals surface area contributed by atoms with Gasteiger partial charge in [-0.3, -0.25) is 4.79 Å². The first-order valence-electron chi connectivity index (χ1n) is 9.84. The van der Waals surface area contributed by atoms with E-state index >= 15 is 0 Å². The van der Waals surface area contributed by atoms with Crippen LogP contribution in [-0.4, -0.2) is 35.7 Å². The normalized spacial score (nSPS) is 35.8. The Morgan fingerprint density at radius 2 is 1.62 bits per heavy atom. The highest BCUT2D eigenvalue weighted by Crippen LogP contribution is 2.46. The van der Waals surface area contributed by atoms with Crippen LogP contribution in [0.5, 0.6) is 0 Å². The Morgan fingerprint density at radius 3 is 2.25 bits per heavy atom. The van der Waals surface area contributed by atoms with Crippen LogP contribution in [0.1, 0.15) is 85.5 Å². The highest BCUT2D eigenvalue weighted by atomic mass is 16.5. The number of hydrogen-bond donors (Lipinski definition) is 2. The van der Waals surface area contributed by atoms with Crippen molar-refractivity contribution in [1.29, 1.82) is 0 Å². The predicted molar refractivity (Wildman–Crippen MR) is 97.0 cm³/mol. The summed E-state index contributed by atoms with van der Waals surface area (Å²) in [7, 11) is 0. The van der Waals surface area contributed by atoms with Crippen LogP contribution in [0, 0.1) is 5.41 Å². The average molecular weight is 337 g/mol. The molecule has 2 N–H and O–H groups in total. The van der Waals surface area contributed by atoms with E-state index in [1.807, 2.05) is 0 Å².